The van der Waals surface area contributed by atoms with Gasteiger partial charge in [0.05, 0.1) is 11.8 Å². The molecule has 7 nitrogen and oxygen atoms in total. The average Bonchev–Trinajstić information content (AvgIpc) is 2.93. The predicted octanol–water partition coefficient (Wildman–Crippen LogP) is 4.08. The van der Waals surface area contributed by atoms with Gasteiger partial charge in [-0.2, -0.15) is 0 Å². The van der Waals surface area contributed by atoms with Crippen LogP contribution in [0.5, 0.6) is 5.75 Å². The molecule has 2 aromatic carbocycles. The Morgan fingerprint density at radius 2 is 1.63 bits per heavy atom. The summed E-state index contributed by atoms with van der Waals surface area (Å²) in [5.74, 6) is -5.96. The first-order chi connectivity index (χ1) is 18.3. The number of nitrogens with two attached hydrogens (primary N) is 1. The van der Waals surface area contributed by atoms with Gasteiger partial charge in [0.2, 0.25) is 5.95 Å². The van der Waals surface area contributed by atoms with Crippen LogP contribution in [0.3, 0.4) is 0 Å². The minimum Gasteiger partial charge on any atom is -0.485 e. The molecule has 11 heteroatoms. The normalized spacial score (nSPS) is 17.7. The Hall–Kier alpha value is -3.44. The van der Waals surface area contributed by atoms with E-state index >= 15 is 0 Å². The van der Waals surface area contributed by atoms with E-state index < -0.39 is 35.4 Å². The summed E-state index contributed by atoms with van der Waals surface area (Å²) in [5.41, 5.74) is 6.94. The lowest BCUT2D eigenvalue weighted by Gasteiger charge is -2.42. The van der Waals surface area contributed by atoms with E-state index in [1.165, 1.54) is 6.20 Å². The lowest BCUT2D eigenvalue weighted by Crippen LogP contribution is -2.52. The number of benzene rings is 2. The van der Waals surface area contributed by atoms with Crippen LogP contribution in [-0.4, -0.2) is 72.1 Å². The molecule has 0 spiro atoms. The molecule has 2 saturated heterocycles. The smallest absolute Gasteiger partial charge is 0.220 e. The zero-order chi connectivity index (χ0) is 26.8. The quantitative estimate of drug-likeness (QED) is 0.381. The average molecular weight is 531 g/mol. The largest absolute Gasteiger partial charge is 0.485 e. The fourth-order valence-corrected chi connectivity index (χ4v) is 5.12. The number of piperazine rings is 1. The minimum atomic E-state index is -1.51. The molecule has 0 radical (unpaired) electrons. The SMILES string of the molecule is CN1CCN(C2CCN(c3cccc(-c4nc(N)ncc4OCc4c(F)c(F)cc(F)c4F)c3)CC2)CC1. The lowest BCUT2D eigenvalue weighted by molar-refractivity contribution is 0.0982. The number of halogens is 4. The minimum absolute atomic E-state index is 0.0140. The van der Waals surface area contributed by atoms with Crippen LogP contribution in [0.2, 0.25) is 0 Å². The summed E-state index contributed by atoms with van der Waals surface area (Å²) in [6, 6.07) is 8.42. The summed E-state index contributed by atoms with van der Waals surface area (Å²) in [6.07, 6.45) is 3.42. The van der Waals surface area contributed by atoms with Crippen LogP contribution in [-0.2, 0) is 6.61 Å². The highest BCUT2D eigenvalue weighted by Gasteiger charge is 2.27. The number of piperidine rings is 1. The van der Waals surface area contributed by atoms with E-state index in [1.54, 1.807) is 0 Å². The number of nitrogen functional groups attached to an aromatic ring is 1. The maximum atomic E-state index is 14.1. The fraction of sp³-hybridized carbons (Fsp3) is 0.407. The topological polar surface area (TPSA) is 70.8 Å². The second-order valence-electron chi connectivity index (χ2n) is 9.78. The van der Waals surface area contributed by atoms with Gasteiger partial charge in [-0.15, -0.1) is 0 Å². The molecule has 2 aliphatic rings. The van der Waals surface area contributed by atoms with Crippen LogP contribution in [0.4, 0.5) is 29.2 Å². The molecular formula is C27H30F4N6O. The van der Waals surface area contributed by atoms with Crippen molar-refractivity contribution in [1.82, 2.24) is 19.8 Å². The van der Waals surface area contributed by atoms with Gasteiger partial charge in [-0.1, -0.05) is 12.1 Å². The summed E-state index contributed by atoms with van der Waals surface area (Å²) < 4.78 is 61.1. The first kappa shape index (κ1) is 26.2. The van der Waals surface area contributed by atoms with E-state index in [2.05, 4.69) is 31.7 Å². The highest BCUT2D eigenvalue weighted by Crippen LogP contribution is 2.33. The molecular weight excluding hydrogens is 500 g/mol. The van der Waals surface area contributed by atoms with Gasteiger partial charge in [0, 0.05) is 62.6 Å². The summed E-state index contributed by atoms with van der Waals surface area (Å²) >= 11 is 0. The summed E-state index contributed by atoms with van der Waals surface area (Å²) in [7, 11) is 2.16. The van der Waals surface area contributed by atoms with Gasteiger partial charge < -0.3 is 20.3 Å². The predicted molar refractivity (Wildman–Crippen MR) is 137 cm³/mol. The second-order valence-corrected chi connectivity index (χ2v) is 9.78. The van der Waals surface area contributed by atoms with E-state index in [9.17, 15) is 17.6 Å². The number of nitrogens with zero attached hydrogens (tertiary/aromatic N) is 5. The molecule has 0 amide bonds. The molecule has 1 aromatic heterocycles. The zero-order valence-electron chi connectivity index (χ0n) is 21.1. The van der Waals surface area contributed by atoms with Gasteiger partial charge in [0.15, 0.2) is 29.0 Å². The van der Waals surface area contributed by atoms with Gasteiger partial charge >= 0.3 is 0 Å². The first-order valence-electron chi connectivity index (χ1n) is 12.7. The number of hydrogen-bond donors (Lipinski definition) is 1. The first-order valence-corrected chi connectivity index (χ1v) is 12.7. The van der Waals surface area contributed by atoms with Crippen LogP contribution in [0.25, 0.3) is 11.3 Å². The molecule has 5 rings (SSSR count). The van der Waals surface area contributed by atoms with Gasteiger partial charge in [0.25, 0.3) is 0 Å². The third-order valence-electron chi connectivity index (χ3n) is 7.35. The van der Waals surface area contributed by atoms with E-state index in [1.807, 2.05) is 24.3 Å². The van der Waals surface area contributed by atoms with E-state index in [-0.39, 0.29) is 17.8 Å². The fourth-order valence-electron chi connectivity index (χ4n) is 5.12. The van der Waals surface area contributed by atoms with Crippen molar-refractivity contribution >= 4 is 11.6 Å². The number of rotatable bonds is 6. The number of anilines is 2. The molecule has 3 aromatic rings. The third-order valence-corrected chi connectivity index (χ3v) is 7.35. The van der Waals surface area contributed by atoms with Gasteiger partial charge in [-0.3, -0.25) is 4.90 Å². The van der Waals surface area contributed by atoms with E-state index in [0.717, 1.165) is 57.8 Å². The van der Waals surface area contributed by atoms with Gasteiger partial charge in [-0.25, -0.2) is 27.5 Å². The number of hydrogen-bond acceptors (Lipinski definition) is 7. The Morgan fingerprint density at radius 3 is 2.32 bits per heavy atom. The van der Waals surface area contributed by atoms with Crippen molar-refractivity contribution in [2.75, 3.05) is 56.9 Å². The molecule has 2 N–H and O–H groups in total. The van der Waals surface area contributed by atoms with E-state index in [4.69, 9.17) is 10.5 Å². The Labute approximate surface area is 218 Å². The molecule has 0 bridgehead atoms. The highest BCUT2D eigenvalue weighted by atomic mass is 19.2. The number of aromatic nitrogens is 2. The third kappa shape index (κ3) is 5.53. The van der Waals surface area contributed by atoms with Crippen molar-refractivity contribution in [3.05, 3.63) is 65.4 Å². The summed E-state index contributed by atoms with van der Waals surface area (Å²) in [5, 5.41) is 0. The van der Waals surface area contributed by atoms with Crippen LogP contribution in [0, 0.1) is 23.3 Å². The van der Waals surface area contributed by atoms with Gasteiger partial charge in [-0.05, 0) is 32.0 Å². The van der Waals surface area contributed by atoms with Crippen molar-refractivity contribution < 1.29 is 22.3 Å². The summed E-state index contributed by atoms with van der Waals surface area (Å²) in [4.78, 5) is 15.5. The van der Waals surface area contributed by atoms with Crippen LogP contribution in [0.1, 0.15) is 18.4 Å². The maximum Gasteiger partial charge on any atom is 0.220 e. The van der Waals surface area contributed by atoms with Crippen LogP contribution >= 0.6 is 0 Å². The van der Waals surface area contributed by atoms with Crippen molar-refractivity contribution in [3.8, 4) is 17.0 Å². The van der Waals surface area contributed by atoms with Crippen LogP contribution in [0.15, 0.2) is 36.5 Å². The number of ether oxygens (including phenoxy) is 1. The Bertz CT molecular complexity index is 1270. The molecule has 38 heavy (non-hydrogen) atoms. The molecule has 0 atom stereocenters. The molecule has 2 aliphatic heterocycles. The van der Waals surface area contributed by atoms with Crippen molar-refractivity contribution in [2.24, 2.45) is 0 Å². The van der Waals surface area contributed by atoms with Crippen molar-refractivity contribution in [2.45, 2.75) is 25.5 Å². The summed E-state index contributed by atoms with van der Waals surface area (Å²) in [6.45, 7) is 5.48. The molecule has 202 valence electrons. The van der Waals surface area contributed by atoms with Gasteiger partial charge in [0.1, 0.15) is 12.3 Å². The second kappa shape index (κ2) is 11.1. The lowest BCUT2D eigenvalue weighted by atomic mass is 10.0. The molecule has 0 saturated carbocycles. The van der Waals surface area contributed by atoms with Crippen molar-refractivity contribution in [1.29, 1.82) is 0 Å². The standard InChI is InChI=1S/C27H30F4N6O/c1-35-9-11-37(12-10-35)18-5-7-36(8-6-18)19-4-2-3-17(13-19)26-23(15-33-27(32)34-26)38-16-20-24(30)21(28)14-22(29)25(20)31/h2-4,13-15,18H,5-12,16H2,1H3,(H2,32,33,34). The Kier molecular flexibility index (Phi) is 7.66. The van der Waals surface area contributed by atoms with Crippen LogP contribution < -0.4 is 15.4 Å². The zero-order valence-corrected chi connectivity index (χ0v) is 21.1. The Morgan fingerprint density at radius 1 is 0.947 bits per heavy atom. The van der Waals surface area contributed by atoms with E-state index in [0.29, 0.717) is 17.3 Å². The highest BCUT2D eigenvalue weighted by molar-refractivity contribution is 5.71. The molecule has 0 aliphatic carbocycles. The molecule has 0 unspecified atom stereocenters. The monoisotopic (exact) mass is 530 g/mol. The van der Waals surface area contributed by atoms with Crippen molar-refractivity contribution in [3.63, 3.8) is 0 Å². The Balaban J connectivity index is 1.32. The number of likely N-dealkylation sites (N-methyl/N-ethyl adjacent to an activating group) is 1. The maximum absolute atomic E-state index is 14.1. The molecule has 3 heterocycles. The molecule has 2 fully saturated rings.